The molecule has 0 bridgehead atoms. The number of nitrogens with one attached hydrogen (secondary N) is 1. The molecule has 1 amide bonds. The molecule has 4 nitrogen and oxygen atoms in total. The van der Waals surface area contributed by atoms with Crippen molar-refractivity contribution >= 4 is 28.8 Å². The zero-order chi connectivity index (χ0) is 22.5. The molecular formula is C26H32ClN3OS. The van der Waals surface area contributed by atoms with Gasteiger partial charge in [-0.05, 0) is 44.2 Å². The number of unbranched alkanes of at least 4 members (excludes halogenated alkanes) is 1. The lowest BCUT2D eigenvalue weighted by atomic mass is 9.89. The summed E-state index contributed by atoms with van der Waals surface area (Å²) in [6.07, 6.45) is 8.53. The lowest BCUT2D eigenvalue weighted by Crippen LogP contribution is -2.25. The molecule has 1 aliphatic carbocycles. The minimum absolute atomic E-state index is 0.0150. The number of amides is 1. The van der Waals surface area contributed by atoms with Crippen molar-refractivity contribution in [2.24, 2.45) is 5.92 Å². The Kier molecular flexibility index (Phi) is 7.69. The lowest BCUT2D eigenvalue weighted by molar-refractivity contribution is 0.0952. The predicted molar refractivity (Wildman–Crippen MR) is 135 cm³/mol. The fraction of sp³-hybridized carbons (Fsp3) is 0.462. The van der Waals surface area contributed by atoms with Crippen LogP contribution < -0.4 is 5.32 Å². The fourth-order valence-electron chi connectivity index (χ4n) is 4.57. The van der Waals surface area contributed by atoms with Crippen LogP contribution in [-0.2, 0) is 6.54 Å². The van der Waals surface area contributed by atoms with Crippen LogP contribution in [-0.4, -0.2) is 22.0 Å². The highest BCUT2D eigenvalue weighted by atomic mass is 35.5. The molecule has 1 aromatic carbocycles. The summed E-state index contributed by atoms with van der Waals surface area (Å²) in [6, 6.07) is 9.85. The normalized spacial score (nSPS) is 14.6. The highest BCUT2D eigenvalue weighted by Crippen LogP contribution is 2.35. The van der Waals surface area contributed by atoms with Crippen LogP contribution in [0.3, 0.4) is 0 Å². The van der Waals surface area contributed by atoms with Crippen molar-refractivity contribution < 1.29 is 4.79 Å². The number of hydrogen-bond donors (Lipinski definition) is 1. The van der Waals surface area contributed by atoms with Gasteiger partial charge in [-0.2, -0.15) is 0 Å². The summed E-state index contributed by atoms with van der Waals surface area (Å²) in [4.78, 5) is 17.9. The number of halogens is 1. The van der Waals surface area contributed by atoms with Crippen LogP contribution in [0, 0.1) is 12.8 Å². The molecule has 0 unspecified atom stereocenters. The van der Waals surface area contributed by atoms with E-state index in [2.05, 4.69) is 29.1 Å². The molecular weight excluding hydrogens is 438 g/mol. The third-order valence-corrected chi connectivity index (χ3v) is 7.67. The second-order valence-electron chi connectivity index (χ2n) is 8.77. The number of benzene rings is 1. The number of hydrogen-bond acceptors (Lipinski definition) is 3. The Morgan fingerprint density at radius 1 is 1.25 bits per heavy atom. The molecule has 0 aliphatic heterocycles. The smallest absolute Gasteiger partial charge is 0.253 e. The monoisotopic (exact) mass is 469 g/mol. The Balaban J connectivity index is 1.68. The highest BCUT2D eigenvalue weighted by Gasteiger charge is 2.23. The van der Waals surface area contributed by atoms with E-state index >= 15 is 0 Å². The molecule has 0 saturated heterocycles. The summed E-state index contributed by atoms with van der Waals surface area (Å²) >= 11 is 8.01. The zero-order valence-electron chi connectivity index (χ0n) is 19.0. The van der Waals surface area contributed by atoms with E-state index in [0.717, 1.165) is 52.6 Å². The van der Waals surface area contributed by atoms with E-state index in [1.807, 2.05) is 30.3 Å². The van der Waals surface area contributed by atoms with Gasteiger partial charge in [-0.15, -0.1) is 11.3 Å². The van der Waals surface area contributed by atoms with Gasteiger partial charge in [-0.1, -0.05) is 62.4 Å². The quantitative estimate of drug-likeness (QED) is 0.350. The van der Waals surface area contributed by atoms with E-state index in [9.17, 15) is 4.79 Å². The fourth-order valence-corrected chi connectivity index (χ4v) is 5.71. The van der Waals surface area contributed by atoms with Crippen molar-refractivity contribution in [3.8, 4) is 22.0 Å². The number of rotatable bonds is 8. The summed E-state index contributed by atoms with van der Waals surface area (Å²) < 4.78 is 2.33. The van der Waals surface area contributed by atoms with Gasteiger partial charge in [0.15, 0.2) is 0 Å². The van der Waals surface area contributed by atoms with E-state index in [0.29, 0.717) is 17.5 Å². The molecule has 6 heteroatoms. The van der Waals surface area contributed by atoms with E-state index < -0.39 is 0 Å². The third kappa shape index (κ3) is 5.10. The first-order valence-electron chi connectivity index (χ1n) is 11.8. The molecule has 32 heavy (non-hydrogen) atoms. The van der Waals surface area contributed by atoms with E-state index in [1.165, 1.54) is 32.1 Å². The number of aromatic nitrogens is 2. The molecule has 2 heterocycles. The van der Waals surface area contributed by atoms with Gasteiger partial charge in [-0.25, -0.2) is 4.98 Å². The van der Waals surface area contributed by atoms with E-state index in [-0.39, 0.29) is 5.91 Å². The van der Waals surface area contributed by atoms with Gasteiger partial charge in [0.05, 0.1) is 22.0 Å². The lowest BCUT2D eigenvalue weighted by Gasteiger charge is -2.24. The van der Waals surface area contributed by atoms with Crippen LogP contribution in [0.5, 0.6) is 0 Å². The molecule has 1 N–H and O–H groups in total. The summed E-state index contributed by atoms with van der Waals surface area (Å²) in [6.45, 7) is 5.87. The summed E-state index contributed by atoms with van der Waals surface area (Å²) in [5, 5.41) is 6.79. The van der Waals surface area contributed by atoms with Crippen LogP contribution in [0.1, 0.15) is 67.9 Å². The highest BCUT2D eigenvalue weighted by molar-refractivity contribution is 7.13. The second kappa shape index (κ2) is 10.7. The summed E-state index contributed by atoms with van der Waals surface area (Å²) in [7, 11) is 0. The molecule has 3 aromatic rings. The van der Waals surface area contributed by atoms with Crippen molar-refractivity contribution in [2.45, 2.75) is 65.3 Å². The van der Waals surface area contributed by atoms with Gasteiger partial charge in [0, 0.05) is 29.7 Å². The summed E-state index contributed by atoms with van der Waals surface area (Å²) in [5.74, 6) is 0.674. The largest absolute Gasteiger partial charge is 0.352 e. The van der Waals surface area contributed by atoms with Gasteiger partial charge < -0.3 is 9.88 Å². The van der Waals surface area contributed by atoms with Gasteiger partial charge in [0.2, 0.25) is 0 Å². The van der Waals surface area contributed by atoms with Crippen molar-refractivity contribution in [1.82, 2.24) is 14.9 Å². The minimum atomic E-state index is 0.0150. The van der Waals surface area contributed by atoms with Gasteiger partial charge in [0.1, 0.15) is 5.01 Å². The van der Waals surface area contributed by atoms with Crippen molar-refractivity contribution in [2.75, 3.05) is 6.54 Å². The first-order chi connectivity index (χ1) is 15.6. The number of nitrogens with zero attached hydrogens (tertiary/aromatic N) is 2. The first-order valence-corrected chi connectivity index (χ1v) is 13.0. The van der Waals surface area contributed by atoms with Gasteiger partial charge >= 0.3 is 0 Å². The maximum absolute atomic E-state index is 12.9. The number of carbonyl (C=O) groups is 1. The van der Waals surface area contributed by atoms with Crippen LogP contribution >= 0.6 is 22.9 Å². The molecule has 1 fully saturated rings. The summed E-state index contributed by atoms with van der Waals surface area (Å²) in [5.41, 5.74) is 4.69. The Morgan fingerprint density at radius 2 is 2.03 bits per heavy atom. The molecule has 0 atom stereocenters. The minimum Gasteiger partial charge on any atom is -0.352 e. The molecule has 170 valence electrons. The van der Waals surface area contributed by atoms with Crippen LogP contribution in [0.4, 0.5) is 0 Å². The first kappa shape index (κ1) is 23.1. The number of thiazole rings is 1. The maximum Gasteiger partial charge on any atom is 0.253 e. The SMILES string of the molecule is CCCCNC(=O)c1cc(-c2csc(-c3ccccc3Cl)n2)n(CC2CCCCC2)c1C. The Labute approximate surface area is 200 Å². The Morgan fingerprint density at radius 3 is 2.78 bits per heavy atom. The van der Waals surface area contributed by atoms with Crippen LogP contribution in [0.25, 0.3) is 22.0 Å². The standard InChI is InChI=1S/C26H32ClN3OS/c1-3-4-14-28-25(31)21-15-24(30(18(21)2)16-19-10-6-5-7-11-19)23-17-32-26(29-23)20-12-8-9-13-22(20)27/h8-9,12-13,15,17,19H,3-7,10-11,14,16H2,1-2H3,(H,28,31). The Bertz CT molecular complexity index is 1060. The third-order valence-electron chi connectivity index (χ3n) is 6.46. The van der Waals surface area contributed by atoms with Crippen LogP contribution in [0.15, 0.2) is 35.7 Å². The average molecular weight is 470 g/mol. The van der Waals surface area contributed by atoms with E-state index in [1.54, 1.807) is 11.3 Å². The molecule has 0 spiro atoms. The molecule has 0 radical (unpaired) electrons. The molecule has 2 aromatic heterocycles. The molecule has 4 rings (SSSR count). The molecule has 1 saturated carbocycles. The second-order valence-corrected chi connectivity index (χ2v) is 10.0. The van der Waals surface area contributed by atoms with Crippen molar-refractivity contribution in [3.05, 3.63) is 52.0 Å². The zero-order valence-corrected chi connectivity index (χ0v) is 20.6. The molecule has 1 aliphatic rings. The van der Waals surface area contributed by atoms with Gasteiger partial charge in [0.25, 0.3) is 5.91 Å². The topological polar surface area (TPSA) is 46.9 Å². The maximum atomic E-state index is 12.9. The van der Waals surface area contributed by atoms with E-state index in [4.69, 9.17) is 16.6 Å². The number of carbonyl (C=O) groups excluding carboxylic acids is 1. The average Bonchev–Trinajstić information content (AvgIpc) is 3.40. The van der Waals surface area contributed by atoms with Gasteiger partial charge in [-0.3, -0.25) is 4.79 Å². The predicted octanol–water partition coefficient (Wildman–Crippen LogP) is 7.35. The van der Waals surface area contributed by atoms with Crippen molar-refractivity contribution in [3.63, 3.8) is 0 Å². The Hall–Kier alpha value is -2.11. The van der Waals surface area contributed by atoms with Crippen molar-refractivity contribution in [1.29, 1.82) is 0 Å². The van der Waals surface area contributed by atoms with Crippen LogP contribution in [0.2, 0.25) is 5.02 Å².